The first-order valence-electron chi connectivity index (χ1n) is 7.38. The Kier molecular flexibility index (Phi) is 6.92. The number of aryl methyl sites for hydroxylation is 1. The Morgan fingerprint density at radius 3 is 2.61 bits per heavy atom. The third kappa shape index (κ3) is 5.55. The molecule has 0 spiro atoms. The van der Waals surface area contributed by atoms with Gasteiger partial charge in [0, 0.05) is 29.1 Å². The SMILES string of the molecule is CN=C(NCc1ccc(C)s1)NCc1ccc(F)cc1CSC. The topological polar surface area (TPSA) is 36.4 Å². The van der Waals surface area contributed by atoms with Crippen LogP contribution in [0.5, 0.6) is 0 Å². The van der Waals surface area contributed by atoms with Gasteiger partial charge in [-0.25, -0.2) is 4.39 Å². The van der Waals surface area contributed by atoms with Crippen LogP contribution in [0.25, 0.3) is 0 Å². The van der Waals surface area contributed by atoms with Crippen molar-refractivity contribution in [2.45, 2.75) is 25.8 Å². The van der Waals surface area contributed by atoms with E-state index in [1.165, 1.54) is 15.8 Å². The molecule has 0 amide bonds. The zero-order valence-electron chi connectivity index (χ0n) is 13.6. The van der Waals surface area contributed by atoms with E-state index < -0.39 is 0 Å². The Morgan fingerprint density at radius 2 is 1.96 bits per heavy atom. The molecule has 3 nitrogen and oxygen atoms in total. The molecule has 1 aromatic carbocycles. The second-order valence-corrected chi connectivity index (χ2v) is 7.38. The summed E-state index contributed by atoms with van der Waals surface area (Å²) in [5, 5.41) is 6.59. The first-order valence-corrected chi connectivity index (χ1v) is 9.59. The molecule has 1 heterocycles. The third-order valence-electron chi connectivity index (χ3n) is 3.36. The number of hydrogen-bond acceptors (Lipinski definition) is 3. The summed E-state index contributed by atoms with van der Waals surface area (Å²) >= 11 is 3.46. The van der Waals surface area contributed by atoms with Gasteiger partial charge >= 0.3 is 0 Å². The van der Waals surface area contributed by atoms with Crippen LogP contribution in [0.3, 0.4) is 0 Å². The molecule has 0 radical (unpaired) electrons. The number of aliphatic imine (C=N–C) groups is 1. The maximum atomic E-state index is 13.4. The van der Waals surface area contributed by atoms with Crippen molar-refractivity contribution in [1.82, 2.24) is 10.6 Å². The molecule has 23 heavy (non-hydrogen) atoms. The lowest BCUT2D eigenvalue weighted by atomic mass is 10.1. The van der Waals surface area contributed by atoms with Gasteiger partial charge in [-0.2, -0.15) is 11.8 Å². The molecular formula is C17H22FN3S2. The van der Waals surface area contributed by atoms with Gasteiger partial charge in [-0.1, -0.05) is 6.07 Å². The number of guanidine groups is 1. The largest absolute Gasteiger partial charge is 0.352 e. The Hall–Kier alpha value is -1.53. The van der Waals surface area contributed by atoms with Gasteiger partial charge < -0.3 is 10.6 Å². The van der Waals surface area contributed by atoms with Crippen LogP contribution in [0.15, 0.2) is 35.3 Å². The second-order valence-electron chi connectivity index (χ2n) is 5.14. The molecule has 0 aliphatic heterocycles. The van der Waals surface area contributed by atoms with E-state index in [1.807, 2.05) is 12.3 Å². The third-order valence-corrected chi connectivity index (χ3v) is 4.96. The van der Waals surface area contributed by atoms with E-state index in [1.54, 1.807) is 36.2 Å². The van der Waals surface area contributed by atoms with Crippen molar-refractivity contribution in [2.24, 2.45) is 4.99 Å². The fraction of sp³-hybridized carbons (Fsp3) is 0.353. The lowest BCUT2D eigenvalue weighted by Crippen LogP contribution is -2.36. The summed E-state index contributed by atoms with van der Waals surface area (Å²) in [4.78, 5) is 6.81. The van der Waals surface area contributed by atoms with Crippen LogP contribution in [-0.2, 0) is 18.8 Å². The number of thiophene rings is 1. The van der Waals surface area contributed by atoms with E-state index in [9.17, 15) is 4.39 Å². The maximum absolute atomic E-state index is 13.4. The molecule has 0 atom stereocenters. The molecule has 124 valence electrons. The minimum Gasteiger partial charge on any atom is -0.352 e. The first-order chi connectivity index (χ1) is 11.1. The number of halogens is 1. The van der Waals surface area contributed by atoms with Crippen LogP contribution in [0, 0.1) is 12.7 Å². The molecular weight excluding hydrogens is 329 g/mol. The van der Waals surface area contributed by atoms with Gasteiger partial charge in [0.1, 0.15) is 5.82 Å². The van der Waals surface area contributed by atoms with Crippen molar-refractivity contribution in [3.63, 3.8) is 0 Å². The molecule has 0 aliphatic carbocycles. The van der Waals surface area contributed by atoms with Gasteiger partial charge in [-0.15, -0.1) is 11.3 Å². The van der Waals surface area contributed by atoms with Gasteiger partial charge in [0.15, 0.2) is 5.96 Å². The van der Waals surface area contributed by atoms with Crippen LogP contribution in [0.1, 0.15) is 20.9 Å². The molecule has 6 heteroatoms. The highest BCUT2D eigenvalue weighted by molar-refractivity contribution is 7.97. The molecule has 0 fully saturated rings. The van der Waals surface area contributed by atoms with E-state index in [0.717, 1.165) is 29.4 Å². The van der Waals surface area contributed by atoms with E-state index in [2.05, 4.69) is 34.7 Å². The van der Waals surface area contributed by atoms with Gasteiger partial charge in [0.25, 0.3) is 0 Å². The second kappa shape index (κ2) is 8.93. The predicted molar refractivity (Wildman–Crippen MR) is 99.7 cm³/mol. The van der Waals surface area contributed by atoms with Crippen molar-refractivity contribution in [3.8, 4) is 0 Å². The number of nitrogens with zero attached hydrogens (tertiary/aromatic N) is 1. The molecule has 0 saturated carbocycles. The van der Waals surface area contributed by atoms with Crippen LogP contribution in [-0.4, -0.2) is 19.3 Å². The normalized spacial score (nSPS) is 11.6. The van der Waals surface area contributed by atoms with Crippen LogP contribution < -0.4 is 10.6 Å². The van der Waals surface area contributed by atoms with Gasteiger partial charge in [-0.3, -0.25) is 4.99 Å². The molecule has 2 aromatic rings. The van der Waals surface area contributed by atoms with Crippen LogP contribution in [0.2, 0.25) is 0 Å². The van der Waals surface area contributed by atoms with Crippen molar-refractivity contribution in [1.29, 1.82) is 0 Å². The molecule has 1 aromatic heterocycles. The van der Waals surface area contributed by atoms with Crippen LogP contribution in [0.4, 0.5) is 4.39 Å². The summed E-state index contributed by atoms with van der Waals surface area (Å²) in [5.74, 6) is 1.36. The number of nitrogens with one attached hydrogen (secondary N) is 2. The van der Waals surface area contributed by atoms with Gasteiger partial charge in [-0.05, 0) is 48.6 Å². The summed E-state index contributed by atoms with van der Waals surface area (Å²) in [7, 11) is 1.75. The first kappa shape index (κ1) is 17.8. The number of rotatable bonds is 6. The molecule has 0 unspecified atom stereocenters. The summed E-state index contributed by atoms with van der Waals surface area (Å²) in [6.07, 6.45) is 2.02. The smallest absolute Gasteiger partial charge is 0.191 e. The monoisotopic (exact) mass is 351 g/mol. The zero-order chi connectivity index (χ0) is 16.7. The fourth-order valence-electron chi connectivity index (χ4n) is 2.21. The minimum atomic E-state index is -0.187. The highest BCUT2D eigenvalue weighted by Gasteiger charge is 2.06. The number of thioether (sulfide) groups is 1. The summed E-state index contributed by atoms with van der Waals surface area (Å²) in [6, 6.07) is 9.19. The lowest BCUT2D eigenvalue weighted by Gasteiger charge is -2.14. The Bertz CT molecular complexity index is 668. The number of hydrogen-bond donors (Lipinski definition) is 2. The van der Waals surface area contributed by atoms with Crippen molar-refractivity contribution < 1.29 is 4.39 Å². The van der Waals surface area contributed by atoms with Crippen molar-refractivity contribution in [2.75, 3.05) is 13.3 Å². The van der Waals surface area contributed by atoms with Gasteiger partial charge in [0.05, 0.1) is 6.54 Å². The zero-order valence-corrected chi connectivity index (χ0v) is 15.3. The Balaban J connectivity index is 1.92. The molecule has 2 N–H and O–H groups in total. The number of benzene rings is 1. The maximum Gasteiger partial charge on any atom is 0.191 e. The molecule has 0 saturated heterocycles. The molecule has 2 rings (SSSR count). The molecule has 0 bridgehead atoms. The standard InChI is InChI=1S/C17H22FN3S2/c1-12-4-7-16(23-12)10-21-17(19-2)20-9-13-5-6-15(18)8-14(13)11-22-3/h4-8H,9-11H2,1-3H3,(H2,19,20,21). The van der Waals surface area contributed by atoms with Gasteiger partial charge in [0.2, 0.25) is 0 Å². The lowest BCUT2D eigenvalue weighted by molar-refractivity contribution is 0.625. The summed E-state index contributed by atoms with van der Waals surface area (Å²) < 4.78 is 13.4. The van der Waals surface area contributed by atoms with E-state index in [0.29, 0.717) is 6.54 Å². The highest BCUT2D eigenvalue weighted by atomic mass is 32.2. The Labute approximate surface area is 145 Å². The Morgan fingerprint density at radius 1 is 1.17 bits per heavy atom. The average Bonchev–Trinajstić information content (AvgIpc) is 2.95. The van der Waals surface area contributed by atoms with E-state index in [-0.39, 0.29) is 5.82 Å². The summed E-state index contributed by atoms with van der Waals surface area (Å²) in [5.41, 5.74) is 2.12. The highest BCUT2D eigenvalue weighted by Crippen LogP contribution is 2.17. The predicted octanol–water partition coefficient (Wildman–Crippen LogP) is 3.92. The quantitative estimate of drug-likeness (QED) is 0.612. The van der Waals surface area contributed by atoms with Crippen molar-refractivity contribution >= 4 is 29.1 Å². The summed E-state index contributed by atoms with van der Waals surface area (Å²) in [6.45, 7) is 3.47. The average molecular weight is 352 g/mol. The fourth-order valence-corrected chi connectivity index (χ4v) is 3.62. The van der Waals surface area contributed by atoms with E-state index >= 15 is 0 Å². The van der Waals surface area contributed by atoms with E-state index in [4.69, 9.17) is 0 Å². The minimum absolute atomic E-state index is 0.187. The molecule has 0 aliphatic rings. The van der Waals surface area contributed by atoms with Crippen molar-refractivity contribution in [3.05, 3.63) is 57.0 Å². The van der Waals surface area contributed by atoms with Crippen LogP contribution >= 0.6 is 23.1 Å².